The van der Waals surface area contributed by atoms with E-state index < -0.39 is 0 Å². The van der Waals surface area contributed by atoms with Gasteiger partial charge in [0, 0.05) is 10.6 Å². The van der Waals surface area contributed by atoms with Crippen molar-refractivity contribution in [3.8, 4) is 11.5 Å². The minimum atomic E-state index is -0.132. The molecule has 0 saturated heterocycles. The molecule has 0 unspecified atom stereocenters. The van der Waals surface area contributed by atoms with E-state index in [0.29, 0.717) is 16.1 Å². The van der Waals surface area contributed by atoms with Crippen LogP contribution in [0.4, 0.5) is 0 Å². The maximum absolute atomic E-state index is 12.1. The van der Waals surface area contributed by atoms with E-state index in [0.717, 1.165) is 16.7 Å². The molecule has 1 aromatic heterocycles. The standard InChI is InChI=1S/C19H18ClN3O2S/c1-12-6-8-14(9-7-12)18-22-23-19(25-18)26-11-17(24)21-13(2)15-4-3-5-16(20)10-15/h3-10,13H,11H2,1-2H3,(H,21,24)/t13-/m1/s1. The van der Waals surface area contributed by atoms with Crippen LogP contribution in [-0.2, 0) is 4.79 Å². The number of aromatic nitrogens is 2. The van der Waals surface area contributed by atoms with E-state index in [4.69, 9.17) is 16.0 Å². The first-order chi connectivity index (χ1) is 12.5. The number of rotatable bonds is 6. The third-order valence-electron chi connectivity index (χ3n) is 3.76. The molecular weight excluding hydrogens is 370 g/mol. The summed E-state index contributed by atoms with van der Waals surface area (Å²) >= 11 is 7.19. The number of nitrogens with zero attached hydrogens (tertiary/aromatic N) is 2. The molecule has 0 fully saturated rings. The molecule has 0 aliphatic carbocycles. The summed E-state index contributed by atoms with van der Waals surface area (Å²) in [6.45, 7) is 3.93. The third-order valence-corrected chi connectivity index (χ3v) is 4.81. The van der Waals surface area contributed by atoms with Crippen LogP contribution in [0.5, 0.6) is 0 Å². The second-order valence-corrected chi connectivity index (χ2v) is 7.24. The van der Waals surface area contributed by atoms with Gasteiger partial charge < -0.3 is 9.73 Å². The minimum Gasteiger partial charge on any atom is -0.411 e. The van der Waals surface area contributed by atoms with Gasteiger partial charge in [0.2, 0.25) is 11.8 Å². The minimum absolute atomic E-state index is 0.113. The fourth-order valence-electron chi connectivity index (χ4n) is 2.35. The summed E-state index contributed by atoms with van der Waals surface area (Å²) in [4.78, 5) is 12.1. The number of thioether (sulfide) groups is 1. The lowest BCUT2D eigenvalue weighted by molar-refractivity contribution is -0.119. The summed E-state index contributed by atoms with van der Waals surface area (Å²) in [5.74, 6) is 0.526. The highest BCUT2D eigenvalue weighted by Gasteiger charge is 2.13. The Kier molecular flexibility index (Phi) is 5.96. The van der Waals surface area contributed by atoms with Crippen LogP contribution in [0.25, 0.3) is 11.5 Å². The van der Waals surface area contributed by atoms with Crippen molar-refractivity contribution in [1.29, 1.82) is 0 Å². The van der Waals surface area contributed by atoms with Gasteiger partial charge >= 0.3 is 0 Å². The van der Waals surface area contributed by atoms with Crippen molar-refractivity contribution in [2.24, 2.45) is 0 Å². The number of carbonyl (C=O) groups is 1. The molecule has 1 atom stereocenters. The quantitative estimate of drug-likeness (QED) is 0.622. The van der Waals surface area contributed by atoms with Crippen LogP contribution in [0.15, 0.2) is 58.2 Å². The summed E-state index contributed by atoms with van der Waals surface area (Å²) in [7, 11) is 0. The van der Waals surface area contributed by atoms with Gasteiger partial charge in [0.15, 0.2) is 0 Å². The molecule has 1 amide bonds. The SMILES string of the molecule is Cc1ccc(-c2nnc(SCC(=O)N[C@H](C)c3cccc(Cl)c3)o2)cc1. The molecule has 5 nitrogen and oxygen atoms in total. The second kappa shape index (κ2) is 8.38. The molecule has 3 rings (SSSR count). The van der Waals surface area contributed by atoms with Crippen molar-refractivity contribution in [3.63, 3.8) is 0 Å². The Balaban J connectivity index is 1.54. The maximum Gasteiger partial charge on any atom is 0.277 e. The van der Waals surface area contributed by atoms with Gasteiger partial charge in [-0.1, -0.05) is 53.2 Å². The summed E-state index contributed by atoms with van der Waals surface area (Å²) in [6.07, 6.45) is 0. The van der Waals surface area contributed by atoms with E-state index in [-0.39, 0.29) is 17.7 Å². The highest BCUT2D eigenvalue weighted by Crippen LogP contribution is 2.23. The summed E-state index contributed by atoms with van der Waals surface area (Å²) in [5.41, 5.74) is 2.97. The number of nitrogens with one attached hydrogen (secondary N) is 1. The van der Waals surface area contributed by atoms with Crippen molar-refractivity contribution in [2.45, 2.75) is 25.1 Å². The molecule has 3 aromatic rings. The Morgan fingerprint density at radius 2 is 2.00 bits per heavy atom. The molecule has 0 aliphatic heterocycles. The van der Waals surface area contributed by atoms with Gasteiger partial charge in [-0.2, -0.15) is 0 Å². The van der Waals surface area contributed by atoms with Crippen molar-refractivity contribution in [2.75, 3.05) is 5.75 Å². The predicted molar refractivity (Wildman–Crippen MR) is 103 cm³/mol. The van der Waals surface area contributed by atoms with Crippen molar-refractivity contribution in [1.82, 2.24) is 15.5 Å². The fourth-order valence-corrected chi connectivity index (χ4v) is 3.12. The van der Waals surface area contributed by atoms with Crippen LogP contribution in [0, 0.1) is 6.92 Å². The van der Waals surface area contributed by atoms with E-state index in [9.17, 15) is 4.79 Å². The molecule has 0 aliphatic rings. The third kappa shape index (κ3) is 4.86. The second-order valence-electron chi connectivity index (χ2n) is 5.87. The van der Waals surface area contributed by atoms with Gasteiger partial charge in [0.25, 0.3) is 5.22 Å². The number of carbonyl (C=O) groups excluding carboxylic acids is 1. The van der Waals surface area contributed by atoms with Gasteiger partial charge in [0.1, 0.15) is 0 Å². The Morgan fingerprint density at radius 3 is 2.73 bits per heavy atom. The number of aryl methyl sites for hydroxylation is 1. The van der Waals surface area contributed by atoms with Crippen LogP contribution < -0.4 is 5.32 Å². The number of halogens is 1. The number of hydrogen-bond acceptors (Lipinski definition) is 5. The van der Waals surface area contributed by atoms with Crippen LogP contribution in [-0.4, -0.2) is 21.9 Å². The zero-order chi connectivity index (χ0) is 18.5. The summed E-state index contributed by atoms with van der Waals surface area (Å²) in [6, 6.07) is 15.1. The average Bonchev–Trinajstić information content (AvgIpc) is 3.09. The molecule has 7 heteroatoms. The van der Waals surface area contributed by atoms with Crippen LogP contribution in [0.1, 0.15) is 24.1 Å². The number of benzene rings is 2. The Hall–Kier alpha value is -2.31. The average molecular weight is 388 g/mol. The first-order valence-corrected chi connectivity index (χ1v) is 9.46. The first kappa shape index (κ1) is 18.5. The maximum atomic E-state index is 12.1. The monoisotopic (exact) mass is 387 g/mol. The molecule has 1 heterocycles. The molecule has 2 aromatic carbocycles. The molecule has 0 bridgehead atoms. The summed E-state index contributed by atoms with van der Waals surface area (Å²) < 4.78 is 5.61. The van der Waals surface area contributed by atoms with Crippen LogP contribution in [0.2, 0.25) is 5.02 Å². The molecule has 0 radical (unpaired) electrons. The van der Waals surface area contributed by atoms with Gasteiger partial charge in [-0.25, -0.2) is 0 Å². The van der Waals surface area contributed by atoms with Crippen molar-refractivity contribution in [3.05, 3.63) is 64.7 Å². The van der Waals surface area contributed by atoms with Gasteiger partial charge in [-0.3, -0.25) is 4.79 Å². The zero-order valence-electron chi connectivity index (χ0n) is 14.4. The Labute approximate surface area is 161 Å². The normalized spacial score (nSPS) is 12.0. The molecule has 134 valence electrons. The topological polar surface area (TPSA) is 68.0 Å². The van der Waals surface area contributed by atoms with E-state index in [2.05, 4.69) is 15.5 Å². The lowest BCUT2D eigenvalue weighted by Gasteiger charge is -2.14. The van der Waals surface area contributed by atoms with Gasteiger partial charge in [-0.15, -0.1) is 10.2 Å². The van der Waals surface area contributed by atoms with Crippen molar-refractivity contribution >= 4 is 29.3 Å². The molecule has 26 heavy (non-hydrogen) atoms. The highest BCUT2D eigenvalue weighted by atomic mass is 35.5. The zero-order valence-corrected chi connectivity index (χ0v) is 16.0. The highest BCUT2D eigenvalue weighted by molar-refractivity contribution is 7.99. The van der Waals surface area contributed by atoms with Crippen molar-refractivity contribution < 1.29 is 9.21 Å². The Morgan fingerprint density at radius 1 is 1.23 bits per heavy atom. The van der Waals surface area contributed by atoms with Crippen LogP contribution in [0.3, 0.4) is 0 Å². The first-order valence-electron chi connectivity index (χ1n) is 8.09. The molecule has 1 N–H and O–H groups in total. The smallest absolute Gasteiger partial charge is 0.277 e. The van der Waals surface area contributed by atoms with E-state index in [1.165, 1.54) is 11.8 Å². The van der Waals surface area contributed by atoms with E-state index in [1.54, 1.807) is 6.07 Å². The van der Waals surface area contributed by atoms with Crippen LogP contribution >= 0.6 is 23.4 Å². The lowest BCUT2D eigenvalue weighted by atomic mass is 10.1. The lowest BCUT2D eigenvalue weighted by Crippen LogP contribution is -2.28. The molecule has 0 spiro atoms. The van der Waals surface area contributed by atoms with E-state index in [1.807, 2.05) is 56.3 Å². The van der Waals surface area contributed by atoms with Gasteiger partial charge in [-0.05, 0) is 43.7 Å². The fraction of sp³-hybridized carbons (Fsp3) is 0.211. The number of amides is 1. The summed E-state index contributed by atoms with van der Waals surface area (Å²) in [5, 5.41) is 12.0. The number of hydrogen-bond donors (Lipinski definition) is 1. The molecular formula is C19H18ClN3O2S. The predicted octanol–water partition coefficient (Wildman–Crippen LogP) is 4.67. The van der Waals surface area contributed by atoms with E-state index >= 15 is 0 Å². The molecule has 0 saturated carbocycles. The van der Waals surface area contributed by atoms with Gasteiger partial charge in [0.05, 0.1) is 11.8 Å². The Bertz CT molecular complexity index is 896. The largest absolute Gasteiger partial charge is 0.411 e.